The summed E-state index contributed by atoms with van der Waals surface area (Å²) < 4.78 is 5.15. The first-order valence-corrected chi connectivity index (χ1v) is 5.32. The number of hydrogen-bond donors (Lipinski definition) is 0. The smallest absolute Gasteiger partial charge is 0.211 e. The van der Waals surface area contributed by atoms with Gasteiger partial charge in [-0.25, -0.2) is 0 Å². The molecule has 0 unspecified atom stereocenters. The maximum Gasteiger partial charge on any atom is 0.211 e. The van der Waals surface area contributed by atoms with Crippen molar-refractivity contribution in [2.24, 2.45) is 0 Å². The standard InChI is InChI=1S/C14H13NO2/c1-10-7-11(9-12(8-10)17-2)14(16)13-5-3-4-6-15-13/h3-9H,1-2H3. The van der Waals surface area contributed by atoms with Crippen molar-refractivity contribution in [3.8, 4) is 5.75 Å². The van der Waals surface area contributed by atoms with Gasteiger partial charge in [-0.15, -0.1) is 0 Å². The second-order valence-corrected chi connectivity index (χ2v) is 3.78. The summed E-state index contributed by atoms with van der Waals surface area (Å²) in [5, 5.41) is 0. The molecule has 1 aromatic heterocycles. The maximum absolute atomic E-state index is 12.1. The number of carbonyl (C=O) groups excluding carboxylic acids is 1. The van der Waals surface area contributed by atoms with Gasteiger partial charge in [-0.1, -0.05) is 6.07 Å². The molecule has 2 aromatic rings. The third-order valence-corrected chi connectivity index (χ3v) is 2.45. The molecule has 0 atom stereocenters. The van der Waals surface area contributed by atoms with Gasteiger partial charge in [0.05, 0.1) is 7.11 Å². The van der Waals surface area contributed by atoms with Gasteiger partial charge in [-0.05, 0) is 42.8 Å². The minimum atomic E-state index is -0.0902. The molecule has 0 spiro atoms. The zero-order chi connectivity index (χ0) is 12.3. The third kappa shape index (κ3) is 2.50. The zero-order valence-corrected chi connectivity index (χ0v) is 9.81. The van der Waals surface area contributed by atoms with Crippen molar-refractivity contribution in [3.05, 3.63) is 59.4 Å². The van der Waals surface area contributed by atoms with Crippen LogP contribution < -0.4 is 4.74 Å². The molecule has 2 rings (SSSR count). The lowest BCUT2D eigenvalue weighted by molar-refractivity contribution is 0.103. The molecule has 3 heteroatoms. The molecule has 3 nitrogen and oxygen atoms in total. The Balaban J connectivity index is 2.41. The summed E-state index contributed by atoms with van der Waals surface area (Å²) in [6.45, 7) is 1.93. The van der Waals surface area contributed by atoms with Crippen LogP contribution >= 0.6 is 0 Å². The molecule has 86 valence electrons. The average molecular weight is 227 g/mol. The highest BCUT2D eigenvalue weighted by atomic mass is 16.5. The Hall–Kier alpha value is -2.16. The van der Waals surface area contributed by atoms with E-state index in [-0.39, 0.29) is 5.78 Å². The van der Waals surface area contributed by atoms with Crippen molar-refractivity contribution < 1.29 is 9.53 Å². The van der Waals surface area contributed by atoms with Gasteiger partial charge in [0.15, 0.2) is 0 Å². The monoisotopic (exact) mass is 227 g/mol. The molecular weight excluding hydrogens is 214 g/mol. The van der Waals surface area contributed by atoms with Crippen molar-refractivity contribution in [1.82, 2.24) is 4.98 Å². The first-order chi connectivity index (χ1) is 8.20. The average Bonchev–Trinajstić information content (AvgIpc) is 2.38. The summed E-state index contributed by atoms with van der Waals surface area (Å²) in [6, 6.07) is 10.7. The normalized spacial score (nSPS) is 10.0. The van der Waals surface area contributed by atoms with Crippen LogP contribution in [0.3, 0.4) is 0 Å². The van der Waals surface area contributed by atoms with Gasteiger partial charge >= 0.3 is 0 Å². The number of methoxy groups -OCH3 is 1. The molecule has 0 fully saturated rings. The fourth-order valence-electron chi connectivity index (χ4n) is 1.64. The highest BCUT2D eigenvalue weighted by Crippen LogP contribution is 2.18. The summed E-state index contributed by atoms with van der Waals surface area (Å²) in [6.07, 6.45) is 1.61. The number of aromatic nitrogens is 1. The van der Waals surface area contributed by atoms with E-state index in [0.29, 0.717) is 17.0 Å². The molecule has 1 aromatic carbocycles. The van der Waals surface area contributed by atoms with E-state index in [0.717, 1.165) is 5.56 Å². The number of rotatable bonds is 3. The summed E-state index contributed by atoms with van der Waals surface area (Å²) in [5.74, 6) is 0.594. The summed E-state index contributed by atoms with van der Waals surface area (Å²) in [4.78, 5) is 16.2. The largest absolute Gasteiger partial charge is 0.497 e. The van der Waals surface area contributed by atoms with Crippen LogP contribution in [-0.4, -0.2) is 17.9 Å². The Bertz CT molecular complexity index is 535. The van der Waals surface area contributed by atoms with Gasteiger partial charge < -0.3 is 4.74 Å². The molecular formula is C14H13NO2. The second-order valence-electron chi connectivity index (χ2n) is 3.78. The Morgan fingerprint density at radius 1 is 1.24 bits per heavy atom. The van der Waals surface area contributed by atoms with Crippen LogP contribution in [0.4, 0.5) is 0 Å². The molecule has 0 saturated carbocycles. The predicted octanol–water partition coefficient (Wildman–Crippen LogP) is 2.63. The van der Waals surface area contributed by atoms with Gasteiger partial charge in [0, 0.05) is 11.8 Å². The number of ether oxygens (including phenoxy) is 1. The molecule has 0 bridgehead atoms. The SMILES string of the molecule is COc1cc(C)cc(C(=O)c2ccccn2)c1. The zero-order valence-electron chi connectivity index (χ0n) is 9.81. The van der Waals surface area contributed by atoms with E-state index in [1.165, 1.54) is 0 Å². The Labute approximate surface area is 100 Å². The minimum Gasteiger partial charge on any atom is -0.497 e. The van der Waals surface area contributed by atoms with E-state index in [4.69, 9.17) is 4.74 Å². The van der Waals surface area contributed by atoms with Crippen molar-refractivity contribution in [3.63, 3.8) is 0 Å². The first-order valence-electron chi connectivity index (χ1n) is 5.32. The minimum absolute atomic E-state index is 0.0902. The number of pyridine rings is 1. The highest BCUT2D eigenvalue weighted by Gasteiger charge is 2.11. The number of hydrogen-bond acceptors (Lipinski definition) is 3. The maximum atomic E-state index is 12.1. The van der Waals surface area contributed by atoms with Crippen LogP contribution in [0.25, 0.3) is 0 Å². The van der Waals surface area contributed by atoms with Crippen LogP contribution in [0.1, 0.15) is 21.6 Å². The van der Waals surface area contributed by atoms with E-state index >= 15 is 0 Å². The lowest BCUT2D eigenvalue weighted by Crippen LogP contribution is -2.04. The van der Waals surface area contributed by atoms with Crippen molar-refractivity contribution in [2.75, 3.05) is 7.11 Å². The lowest BCUT2D eigenvalue weighted by atomic mass is 10.0. The van der Waals surface area contributed by atoms with Crippen LogP contribution in [0.2, 0.25) is 0 Å². The molecule has 0 aliphatic carbocycles. The highest BCUT2D eigenvalue weighted by molar-refractivity contribution is 6.07. The van der Waals surface area contributed by atoms with Crippen molar-refractivity contribution in [1.29, 1.82) is 0 Å². The van der Waals surface area contributed by atoms with Crippen LogP contribution in [0, 0.1) is 6.92 Å². The number of carbonyl (C=O) groups is 1. The van der Waals surface area contributed by atoms with Gasteiger partial charge in [0.25, 0.3) is 0 Å². The Kier molecular flexibility index (Phi) is 3.19. The van der Waals surface area contributed by atoms with E-state index < -0.39 is 0 Å². The summed E-state index contributed by atoms with van der Waals surface area (Å²) in [7, 11) is 1.59. The number of ketones is 1. The molecule has 0 aliphatic rings. The van der Waals surface area contributed by atoms with E-state index in [1.54, 1.807) is 37.6 Å². The fraction of sp³-hybridized carbons (Fsp3) is 0.143. The van der Waals surface area contributed by atoms with Crippen molar-refractivity contribution >= 4 is 5.78 Å². The van der Waals surface area contributed by atoms with Gasteiger partial charge in [-0.3, -0.25) is 9.78 Å². The Morgan fingerprint density at radius 3 is 2.71 bits per heavy atom. The van der Waals surface area contributed by atoms with E-state index in [1.807, 2.05) is 19.1 Å². The first kappa shape index (κ1) is 11.3. The van der Waals surface area contributed by atoms with Crippen LogP contribution in [0.15, 0.2) is 42.6 Å². The number of aryl methyl sites for hydroxylation is 1. The fourth-order valence-corrected chi connectivity index (χ4v) is 1.64. The summed E-state index contributed by atoms with van der Waals surface area (Å²) in [5.41, 5.74) is 2.03. The quantitative estimate of drug-likeness (QED) is 0.757. The number of benzene rings is 1. The molecule has 0 aliphatic heterocycles. The molecule has 0 radical (unpaired) electrons. The molecule has 0 amide bonds. The molecule has 0 saturated heterocycles. The van der Waals surface area contributed by atoms with E-state index in [2.05, 4.69) is 4.98 Å². The van der Waals surface area contributed by atoms with Crippen molar-refractivity contribution in [2.45, 2.75) is 6.92 Å². The molecule has 17 heavy (non-hydrogen) atoms. The Morgan fingerprint density at radius 2 is 2.06 bits per heavy atom. The predicted molar refractivity (Wildman–Crippen MR) is 65.4 cm³/mol. The second kappa shape index (κ2) is 4.78. The van der Waals surface area contributed by atoms with Gasteiger partial charge in [-0.2, -0.15) is 0 Å². The molecule has 0 N–H and O–H groups in total. The van der Waals surface area contributed by atoms with Crippen LogP contribution in [-0.2, 0) is 0 Å². The summed E-state index contributed by atoms with van der Waals surface area (Å²) >= 11 is 0. The number of nitrogens with zero attached hydrogens (tertiary/aromatic N) is 1. The third-order valence-electron chi connectivity index (χ3n) is 2.45. The van der Waals surface area contributed by atoms with Crippen LogP contribution in [0.5, 0.6) is 5.75 Å². The van der Waals surface area contributed by atoms with Gasteiger partial charge in [0.1, 0.15) is 11.4 Å². The lowest BCUT2D eigenvalue weighted by Gasteiger charge is -2.05. The topological polar surface area (TPSA) is 39.2 Å². The van der Waals surface area contributed by atoms with E-state index in [9.17, 15) is 4.79 Å². The van der Waals surface area contributed by atoms with Gasteiger partial charge in [0.2, 0.25) is 5.78 Å². The molecule has 1 heterocycles.